The fourth-order valence-electron chi connectivity index (χ4n) is 2.08. The summed E-state index contributed by atoms with van der Waals surface area (Å²) in [4.78, 5) is 0.675. The van der Waals surface area contributed by atoms with Crippen molar-refractivity contribution < 1.29 is 0 Å². The molecule has 0 saturated carbocycles. The van der Waals surface area contributed by atoms with Crippen LogP contribution in [-0.4, -0.2) is 4.83 Å². The van der Waals surface area contributed by atoms with Gasteiger partial charge in [-0.3, -0.25) is 0 Å². The molecule has 0 rings (SSSR count). The van der Waals surface area contributed by atoms with E-state index in [4.69, 9.17) is 0 Å². The average molecular weight is 263 g/mol. The second-order valence-electron chi connectivity index (χ2n) is 4.79. The zero-order valence-electron chi connectivity index (χ0n) is 10.4. The summed E-state index contributed by atoms with van der Waals surface area (Å²) in [5.41, 5.74) is 0. The second-order valence-corrected chi connectivity index (χ2v) is 6.23. The topological polar surface area (TPSA) is 0 Å². The summed E-state index contributed by atoms with van der Waals surface area (Å²) in [6.45, 7) is 9.25. The summed E-state index contributed by atoms with van der Waals surface area (Å²) in [5, 5.41) is 0. The van der Waals surface area contributed by atoms with Gasteiger partial charge in [0.1, 0.15) is 0 Å². The van der Waals surface area contributed by atoms with Gasteiger partial charge in [0, 0.05) is 4.83 Å². The van der Waals surface area contributed by atoms with Gasteiger partial charge >= 0.3 is 0 Å². The molecule has 0 spiro atoms. The summed E-state index contributed by atoms with van der Waals surface area (Å²) in [7, 11) is 0. The number of rotatable bonds is 8. The second kappa shape index (κ2) is 8.76. The van der Waals surface area contributed by atoms with Crippen LogP contribution in [0.2, 0.25) is 0 Å². The fraction of sp³-hybridized carbons (Fsp3) is 1.00. The summed E-state index contributed by atoms with van der Waals surface area (Å²) >= 11 is 3.72. The van der Waals surface area contributed by atoms with E-state index in [1.807, 2.05) is 0 Å². The lowest BCUT2D eigenvalue weighted by molar-refractivity contribution is 0.346. The number of unbranched alkanes of at least 4 members (excludes halogenated alkanes) is 4. The van der Waals surface area contributed by atoms with Gasteiger partial charge in [-0.25, -0.2) is 0 Å². The minimum absolute atomic E-state index is 0.675. The molecular formula is C13H27Br. The largest absolute Gasteiger partial charge is 0.0891 e. The molecule has 2 unspecified atom stereocenters. The van der Waals surface area contributed by atoms with Crippen LogP contribution >= 0.6 is 15.9 Å². The van der Waals surface area contributed by atoms with Gasteiger partial charge in [-0.2, -0.15) is 0 Å². The van der Waals surface area contributed by atoms with Crippen LogP contribution in [-0.2, 0) is 0 Å². The van der Waals surface area contributed by atoms with E-state index in [2.05, 4.69) is 43.6 Å². The van der Waals surface area contributed by atoms with Gasteiger partial charge in [0.15, 0.2) is 0 Å². The molecule has 0 aliphatic carbocycles. The van der Waals surface area contributed by atoms with E-state index < -0.39 is 0 Å². The molecule has 0 saturated heterocycles. The van der Waals surface area contributed by atoms with Crippen LogP contribution in [0.3, 0.4) is 0 Å². The molecule has 86 valence electrons. The average Bonchev–Trinajstić information content (AvgIpc) is 2.09. The first-order valence-electron chi connectivity index (χ1n) is 6.23. The maximum atomic E-state index is 3.72. The maximum Gasteiger partial charge on any atom is 0.0148 e. The molecule has 0 aromatic heterocycles. The van der Waals surface area contributed by atoms with Gasteiger partial charge in [0.2, 0.25) is 0 Å². The quantitative estimate of drug-likeness (QED) is 0.406. The number of alkyl halides is 1. The highest BCUT2D eigenvalue weighted by molar-refractivity contribution is 9.09. The predicted molar refractivity (Wildman–Crippen MR) is 70.1 cm³/mol. The Morgan fingerprint density at radius 1 is 0.929 bits per heavy atom. The van der Waals surface area contributed by atoms with Gasteiger partial charge in [0.25, 0.3) is 0 Å². The molecule has 0 amide bonds. The van der Waals surface area contributed by atoms with Crippen molar-refractivity contribution in [3.63, 3.8) is 0 Å². The van der Waals surface area contributed by atoms with E-state index >= 15 is 0 Å². The fourth-order valence-corrected chi connectivity index (χ4v) is 2.95. The first-order valence-corrected chi connectivity index (χ1v) is 7.15. The Balaban J connectivity index is 3.52. The van der Waals surface area contributed by atoms with Crippen LogP contribution < -0.4 is 0 Å². The lowest BCUT2D eigenvalue weighted by Crippen LogP contribution is -2.17. The van der Waals surface area contributed by atoms with Gasteiger partial charge in [-0.1, -0.05) is 75.7 Å². The Hall–Kier alpha value is 0.480. The highest BCUT2D eigenvalue weighted by Gasteiger charge is 2.17. The third-order valence-corrected chi connectivity index (χ3v) is 3.77. The van der Waals surface area contributed by atoms with Crippen LogP contribution in [0.15, 0.2) is 0 Å². The molecule has 1 heteroatoms. The van der Waals surface area contributed by atoms with E-state index in [9.17, 15) is 0 Å². The van der Waals surface area contributed by atoms with Crippen LogP contribution in [0.4, 0.5) is 0 Å². The third kappa shape index (κ3) is 6.86. The van der Waals surface area contributed by atoms with Crippen LogP contribution in [0, 0.1) is 11.8 Å². The molecule has 0 bridgehead atoms. The summed E-state index contributed by atoms with van der Waals surface area (Å²) < 4.78 is 0. The monoisotopic (exact) mass is 262 g/mol. The Morgan fingerprint density at radius 2 is 1.50 bits per heavy atom. The van der Waals surface area contributed by atoms with Crippen molar-refractivity contribution in [2.75, 3.05) is 0 Å². The molecule has 0 aromatic carbocycles. The highest BCUT2D eigenvalue weighted by Crippen LogP contribution is 2.26. The van der Waals surface area contributed by atoms with E-state index in [0.717, 1.165) is 11.8 Å². The van der Waals surface area contributed by atoms with Crippen molar-refractivity contribution in [2.45, 2.75) is 71.0 Å². The Morgan fingerprint density at radius 3 is 1.93 bits per heavy atom. The Labute approximate surface area is 99.0 Å². The molecule has 0 N–H and O–H groups in total. The standard InChI is InChI=1S/C13H27Br/c1-5-6-7-8-9-10-13(11(2)3)12(4)14/h11-13H,5-10H2,1-4H3. The van der Waals surface area contributed by atoms with Crippen molar-refractivity contribution in [2.24, 2.45) is 11.8 Å². The van der Waals surface area contributed by atoms with Gasteiger partial charge < -0.3 is 0 Å². The molecule has 0 aliphatic heterocycles. The molecule has 0 radical (unpaired) electrons. The van der Waals surface area contributed by atoms with Crippen LogP contribution in [0.5, 0.6) is 0 Å². The van der Waals surface area contributed by atoms with E-state index in [0.29, 0.717) is 4.83 Å². The van der Waals surface area contributed by atoms with Gasteiger partial charge in [-0.05, 0) is 18.3 Å². The third-order valence-electron chi connectivity index (χ3n) is 3.09. The minimum atomic E-state index is 0.675. The Bertz CT molecular complexity index is 110. The molecule has 0 aromatic rings. The van der Waals surface area contributed by atoms with E-state index in [-0.39, 0.29) is 0 Å². The van der Waals surface area contributed by atoms with Crippen molar-refractivity contribution in [3.8, 4) is 0 Å². The lowest BCUT2D eigenvalue weighted by atomic mass is 9.88. The molecule has 0 nitrogen and oxygen atoms in total. The molecule has 14 heavy (non-hydrogen) atoms. The van der Waals surface area contributed by atoms with E-state index in [1.165, 1.54) is 38.5 Å². The predicted octanol–water partition coefficient (Wildman–Crippen LogP) is 5.40. The maximum absolute atomic E-state index is 3.72. The molecule has 0 aliphatic rings. The van der Waals surface area contributed by atoms with Crippen LogP contribution in [0.25, 0.3) is 0 Å². The number of halogens is 1. The van der Waals surface area contributed by atoms with Crippen molar-refractivity contribution in [1.29, 1.82) is 0 Å². The zero-order chi connectivity index (χ0) is 11.0. The minimum Gasteiger partial charge on any atom is -0.0891 e. The highest BCUT2D eigenvalue weighted by atomic mass is 79.9. The summed E-state index contributed by atoms with van der Waals surface area (Å²) in [6, 6.07) is 0. The van der Waals surface area contributed by atoms with Gasteiger partial charge in [0.05, 0.1) is 0 Å². The number of hydrogen-bond donors (Lipinski definition) is 0. The first kappa shape index (κ1) is 14.5. The summed E-state index contributed by atoms with van der Waals surface area (Å²) in [6.07, 6.45) is 8.43. The zero-order valence-corrected chi connectivity index (χ0v) is 11.9. The van der Waals surface area contributed by atoms with Crippen molar-refractivity contribution >= 4 is 15.9 Å². The normalized spacial score (nSPS) is 15.9. The van der Waals surface area contributed by atoms with Gasteiger partial charge in [-0.15, -0.1) is 0 Å². The lowest BCUT2D eigenvalue weighted by Gasteiger charge is -2.23. The molecule has 0 fully saturated rings. The molecule has 2 atom stereocenters. The summed E-state index contributed by atoms with van der Waals surface area (Å²) in [5.74, 6) is 1.67. The molecule has 0 heterocycles. The van der Waals surface area contributed by atoms with E-state index in [1.54, 1.807) is 0 Å². The number of hydrogen-bond acceptors (Lipinski definition) is 0. The van der Waals surface area contributed by atoms with Crippen molar-refractivity contribution in [1.82, 2.24) is 0 Å². The molecular weight excluding hydrogens is 236 g/mol. The first-order chi connectivity index (χ1) is 6.59. The SMILES string of the molecule is CCCCCCCC(C(C)C)C(C)Br. The van der Waals surface area contributed by atoms with Crippen LogP contribution in [0.1, 0.15) is 66.2 Å². The van der Waals surface area contributed by atoms with Crippen molar-refractivity contribution in [3.05, 3.63) is 0 Å². The smallest absolute Gasteiger partial charge is 0.0148 e. The Kier molecular flexibility index (Phi) is 9.06.